The van der Waals surface area contributed by atoms with E-state index in [2.05, 4.69) is 30.7 Å². The highest BCUT2D eigenvalue weighted by Crippen LogP contribution is 2.16. The molecule has 1 aromatic rings. The predicted molar refractivity (Wildman–Crippen MR) is 67.9 cm³/mol. The van der Waals surface area contributed by atoms with Crippen molar-refractivity contribution in [2.24, 2.45) is 5.92 Å². The van der Waals surface area contributed by atoms with Crippen LogP contribution in [0.2, 0.25) is 0 Å². The summed E-state index contributed by atoms with van der Waals surface area (Å²) in [4.78, 5) is 4.15. The largest absolute Gasteiger partial charge is 0.481 e. The molecule has 16 heavy (non-hydrogen) atoms. The molecule has 3 nitrogen and oxygen atoms in total. The van der Waals surface area contributed by atoms with E-state index in [1.165, 1.54) is 0 Å². The van der Waals surface area contributed by atoms with Gasteiger partial charge in [0.25, 0.3) is 0 Å². The van der Waals surface area contributed by atoms with Crippen LogP contribution >= 0.6 is 0 Å². The third-order valence-electron chi connectivity index (χ3n) is 2.73. The van der Waals surface area contributed by atoms with E-state index >= 15 is 0 Å². The van der Waals surface area contributed by atoms with Gasteiger partial charge >= 0.3 is 0 Å². The molecule has 0 aliphatic rings. The number of hydrogen-bond donors (Lipinski definition) is 1. The molecule has 1 N–H and O–H groups in total. The summed E-state index contributed by atoms with van der Waals surface area (Å²) in [6.07, 6.45) is 4.75. The lowest BCUT2D eigenvalue weighted by molar-refractivity contribution is 0.398. The predicted octanol–water partition coefficient (Wildman–Crippen LogP) is 3.10. The number of nitrogens with zero attached hydrogens (tertiary/aromatic N) is 1. The highest BCUT2D eigenvalue weighted by Gasteiger charge is 2.10. The van der Waals surface area contributed by atoms with Crippen molar-refractivity contribution in [2.75, 3.05) is 12.4 Å². The quantitative estimate of drug-likeness (QED) is 0.748. The van der Waals surface area contributed by atoms with Crippen LogP contribution in [0.25, 0.3) is 0 Å². The average molecular weight is 220 g/mol. The minimum absolute atomic E-state index is 0.396. The van der Waals surface area contributed by atoms with Gasteiger partial charge in [0, 0.05) is 12.1 Å². The number of pyridine rings is 1. The standard InChI is InChI=1S/C13H20N2O/c1-5-6-10(2)11(3)15-12-7-8-13(16-4)14-9-12/h5,7-11,15H,1,6H2,2-4H3. The highest BCUT2D eigenvalue weighted by molar-refractivity contribution is 5.42. The molecule has 0 bridgehead atoms. The van der Waals surface area contributed by atoms with E-state index in [-0.39, 0.29) is 0 Å². The summed E-state index contributed by atoms with van der Waals surface area (Å²) in [5.41, 5.74) is 1.02. The van der Waals surface area contributed by atoms with E-state index in [1.807, 2.05) is 18.2 Å². The maximum Gasteiger partial charge on any atom is 0.213 e. The van der Waals surface area contributed by atoms with E-state index in [1.54, 1.807) is 13.3 Å². The first-order chi connectivity index (χ1) is 7.67. The first-order valence-corrected chi connectivity index (χ1v) is 5.54. The maximum atomic E-state index is 5.01. The number of anilines is 1. The van der Waals surface area contributed by atoms with Crippen molar-refractivity contribution in [1.82, 2.24) is 4.98 Å². The highest BCUT2D eigenvalue weighted by atomic mass is 16.5. The molecule has 0 fully saturated rings. The smallest absolute Gasteiger partial charge is 0.213 e. The van der Waals surface area contributed by atoms with Gasteiger partial charge in [-0.2, -0.15) is 0 Å². The van der Waals surface area contributed by atoms with E-state index in [0.29, 0.717) is 17.8 Å². The van der Waals surface area contributed by atoms with Crippen LogP contribution in [0.5, 0.6) is 5.88 Å². The van der Waals surface area contributed by atoms with Gasteiger partial charge in [0.05, 0.1) is 19.0 Å². The van der Waals surface area contributed by atoms with Gasteiger partial charge in [0.15, 0.2) is 0 Å². The summed E-state index contributed by atoms with van der Waals surface area (Å²) in [6, 6.07) is 4.23. The van der Waals surface area contributed by atoms with Crippen molar-refractivity contribution in [3.63, 3.8) is 0 Å². The molecule has 88 valence electrons. The molecule has 0 aliphatic carbocycles. The maximum absolute atomic E-state index is 5.01. The summed E-state index contributed by atoms with van der Waals surface area (Å²) >= 11 is 0. The van der Waals surface area contributed by atoms with Gasteiger partial charge < -0.3 is 10.1 Å². The van der Waals surface area contributed by atoms with Crippen molar-refractivity contribution < 1.29 is 4.74 Å². The molecule has 0 amide bonds. The SMILES string of the molecule is C=CCC(C)C(C)Nc1ccc(OC)nc1. The normalized spacial score (nSPS) is 13.9. The van der Waals surface area contributed by atoms with Gasteiger partial charge in [0.2, 0.25) is 5.88 Å². The average Bonchev–Trinajstić information content (AvgIpc) is 2.30. The van der Waals surface area contributed by atoms with E-state index in [4.69, 9.17) is 4.74 Å². The summed E-state index contributed by atoms with van der Waals surface area (Å²) in [5.74, 6) is 1.19. The van der Waals surface area contributed by atoms with Crippen molar-refractivity contribution >= 4 is 5.69 Å². The fourth-order valence-corrected chi connectivity index (χ4v) is 1.46. The van der Waals surface area contributed by atoms with E-state index in [0.717, 1.165) is 12.1 Å². The molecule has 0 radical (unpaired) electrons. The minimum atomic E-state index is 0.396. The number of hydrogen-bond acceptors (Lipinski definition) is 3. The molecule has 1 aromatic heterocycles. The van der Waals surface area contributed by atoms with Crippen LogP contribution in [-0.4, -0.2) is 18.1 Å². The molecular weight excluding hydrogens is 200 g/mol. The van der Waals surface area contributed by atoms with Gasteiger partial charge in [-0.3, -0.25) is 0 Å². The molecule has 0 aromatic carbocycles. The second kappa shape index (κ2) is 6.16. The van der Waals surface area contributed by atoms with Crippen LogP contribution in [0.15, 0.2) is 31.0 Å². The lowest BCUT2D eigenvalue weighted by Gasteiger charge is -2.21. The van der Waals surface area contributed by atoms with Gasteiger partial charge in [-0.1, -0.05) is 13.0 Å². The molecule has 0 saturated carbocycles. The Morgan fingerprint density at radius 3 is 2.75 bits per heavy atom. The Labute approximate surface area is 97.5 Å². The van der Waals surface area contributed by atoms with Crippen LogP contribution in [0.1, 0.15) is 20.3 Å². The number of allylic oxidation sites excluding steroid dienone is 1. The Balaban J connectivity index is 2.55. The van der Waals surface area contributed by atoms with E-state index in [9.17, 15) is 0 Å². The summed E-state index contributed by atoms with van der Waals surface area (Å²) < 4.78 is 5.01. The van der Waals surface area contributed by atoms with Crippen LogP contribution in [-0.2, 0) is 0 Å². The number of nitrogens with one attached hydrogen (secondary N) is 1. The third-order valence-corrected chi connectivity index (χ3v) is 2.73. The van der Waals surface area contributed by atoms with Gasteiger partial charge in [-0.05, 0) is 25.3 Å². The molecule has 2 atom stereocenters. The molecule has 0 saturated heterocycles. The first-order valence-electron chi connectivity index (χ1n) is 5.54. The molecular formula is C13H20N2O. The fraction of sp³-hybridized carbons (Fsp3) is 0.462. The second-order valence-electron chi connectivity index (χ2n) is 4.02. The van der Waals surface area contributed by atoms with Crippen molar-refractivity contribution in [3.05, 3.63) is 31.0 Å². The van der Waals surface area contributed by atoms with Gasteiger partial charge in [-0.15, -0.1) is 6.58 Å². The summed E-state index contributed by atoms with van der Waals surface area (Å²) in [7, 11) is 1.62. The number of rotatable bonds is 6. The molecule has 0 aliphatic heterocycles. The topological polar surface area (TPSA) is 34.1 Å². The van der Waals surface area contributed by atoms with E-state index < -0.39 is 0 Å². The van der Waals surface area contributed by atoms with Crippen LogP contribution in [0.3, 0.4) is 0 Å². The van der Waals surface area contributed by atoms with Crippen molar-refractivity contribution in [3.8, 4) is 5.88 Å². The Morgan fingerprint density at radius 2 is 2.25 bits per heavy atom. The first kappa shape index (κ1) is 12.6. The molecule has 0 spiro atoms. The van der Waals surface area contributed by atoms with Crippen LogP contribution in [0, 0.1) is 5.92 Å². The zero-order valence-electron chi connectivity index (χ0n) is 10.2. The minimum Gasteiger partial charge on any atom is -0.481 e. The lowest BCUT2D eigenvalue weighted by Crippen LogP contribution is -2.23. The Morgan fingerprint density at radius 1 is 1.50 bits per heavy atom. The Bertz CT molecular complexity index is 321. The number of ether oxygens (including phenoxy) is 1. The summed E-state index contributed by atoms with van der Waals surface area (Å²) in [6.45, 7) is 8.13. The number of aromatic nitrogens is 1. The lowest BCUT2D eigenvalue weighted by atomic mass is 10.00. The molecule has 3 heteroatoms. The van der Waals surface area contributed by atoms with Crippen molar-refractivity contribution in [2.45, 2.75) is 26.3 Å². The number of methoxy groups -OCH3 is 1. The van der Waals surface area contributed by atoms with Gasteiger partial charge in [0.1, 0.15) is 0 Å². The van der Waals surface area contributed by atoms with Gasteiger partial charge in [-0.25, -0.2) is 4.98 Å². The van der Waals surface area contributed by atoms with Crippen LogP contribution < -0.4 is 10.1 Å². The van der Waals surface area contributed by atoms with Crippen LogP contribution in [0.4, 0.5) is 5.69 Å². The Kier molecular flexibility index (Phi) is 4.83. The molecule has 1 rings (SSSR count). The zero-order chi connectivity index (χ0) is 12.0. The Hall–Kier alpha value is -1.51. The summed E-state index contributed by atoms with van der Waals surface area (Å²) in [5, 5.41) is 3.41. The third kappa shape index (κ3) is 3.57. The zero-order valence-corrected chi connectivity index (χ0v) is 10.2. The fourth-order valence-electron chi connectivity index (χ4n) is 1.46. The molecule has 2 unspecified atom stereocenters. The van der Waals surface area contributed by atoms with Crippen molar-refractivity contribution in [1.29, 1.82) is 0 Å². The molecule has 1 heterocycles. The monoisotopic (exact) mass is 220 g/mol. The second-order valence-corrected chi connectivity index (χ2v) is 4.02.